The molecule has 0 amide bonds. The average molecular weight is 481 g/mol. The van der Waals surface area contributed by atoms with Gasteiger partial charge in [-0.3, -0.25) is 4.79 Å². The van der Waals surface area contributed by atoms with E-state index >= 15 is 0 Å². The molecule has 0 spiro atoms. The van der Waals surface area contributed by atoms with Crippen molar-refractivity contribution in [2.24, 2.45) is 40.4 Å². The number of hydrogen-bond acceptors (Lipinski definition) is 3. The number of benzene rings is 1. The van der Waals surface area contributed by atoms with Gasteiger partial charge in [0.1, 0.15) is 11.6 Å². The van der Waals surface area contributed by atoms with Crippen molar-refractivity contribution in [3.05, 3.63) is 40.2 Å². The van der Waals surface area contributed by atoms with Crippen LogP contribution in [0.25, 0.3) is 10.9 Å². The Morgan fingerprint density at radius 1 is 1.09 bits per heavy atom. The van der Waals surface area contributed by atoms with Gasteiger partial charge in [0.05, 0.1) is 17.0 Å². The molecule has 5 heteroatoms. The lowest BCUT2D eigenvalue weighted by Crippen LogP contribution is -2.57. The Hall–Kier alpha value is -1.75. The van der Waals surface area contributed by atoms with Crippen molar-refractivity contribution in [1.29, 1.82) is 0 Å². The van der Waals surface area contributed by atoms with Gasteiger partial charge in [-0.2, -0.15) is 0 Å². The molecule has 4 nitrogen and oxygen atoms in total. The topological polar surface area (TPSA) is 66.0 Å². The molecule has 0 aliphatic heterocycles. The molecule has 35 heavy (non-hydrogen) atoms. The lowest BCUT2D eigenvalue weighted by Gasteiger charge is -2.62. The average Bonchev–Trinajstić information content (AvgIpc) is 3.16. The number of nitrogens with zero attached hydrogens (tertiary/aromatic N) is 1. The number of fused-ring (bicyclic) bond motifs is 6. The van der Waals surface area contributed by atoms with Crippen molar-refractivity contribution < 1.29 is 9.50 Å². The summed E-state index contributed by atoms with van der Waals surface area (Å²) in [6, 6.07) is 4.22. The molecule has 4 aliphatic rings. The smallest absolute Gasteiger partial charge is 0.258 e. The first-order chi connectivity index (χ1) is 16.8. The van der Waals surface area contributed by atoms with Crippen molar-refractivity contribution in [3.8, 4) is 0 Å². The first kappa shape index (κ1) is 23.6. The number of hydrogen-bond donors (Lipinski definition) is 2. The van der Waals surface area contributed by atoms with E-state index in [1.54, 1.807) is 6.07 Å². The van der Waals surface area contributed by atoms with E-state index in [4.69, 9.17) is 0 Å². The van der Waals surface area contributed by atoms with Crippen LogP contribution in [0.4, 0.5) is 4.39 Å². The van der Waals surface area contributed by atoms with Gasteiger partial charge in [0, 0.05) is 6.42 Å². The van der Waals surface area contributed by atoms with Crippen molar-refractivity contribution in [3.63, 3.8) is 0 Å². The number of halogens is 1. The third kappa shape index (κ3) is 3.79. The van der Waals surface area contributed by atoms with Crippen LogP contribution in [-0.2, 0) is 6.42 Å². The standard InChI is InChI=1S/C30H41FN2O2/c1-29-14-4-3-6-19(29)16-25(34)27-22-11-9-18(30(22,2)15-13-23(27)29)7-5-8-26-32-24-12-10-20(31)17-21(24)28(35)33-26/h10,12,17-19,22-23,25,27,34H,3-9,11,13-16H2,1-2H3,(H,32,33,35). The molecule has 8 unspecified atom stereocenters. The third-order valence-corrected chi connectivity index (χ3v) is 11.5. The van der Waals surface area contributed by atoms with Gasteiger partial charge < -0.3 is 10.1 Å². The molecule has 4 fully saturated rings. The number of H-pyrrole nitrogens is 1. The van der Waals surface area contributed by atoms with E-state index in [0.717, 1.165) is 31.6 Å². The first-order valence-electron chi connectivity index (χ1n) is 14.2. The Morgan fingerprint density at radius 3 is 2.77 bits per heavy atom. The maximum atomic E-state index is 13.5. The van der Waals surface area contributed by atoms with Crippen LogP contribution in [0, 0.1) is 46.2 Å². The summed E-state index contributed by atoms with van der Waals surface area (Å²) < 4.78 is 13.5. The molecular weight excluding hydrogens is 439 g/mol. The van der Waals surface area contributed by atoms with Crippen LogP contribution in [-0.4, -0.2) is 21.2 Å². The molecule has 0 bridgehead atoms. The van der Waals surface area contributed by atoms with Crippen molar-refractivity contribution in [2.45, 2.75) is 97.0 Å². The fraction of sp³-hybridized carbons (Fsp3) is 0.733. The predicted octanol–water partition coefficient (Wildman–Crippen LogP) is 6.40. The second-order valence-electron chi connectivity index (χ2n) is 12.9. The first-order valence-corrected chi connectivity index (χ1v) is 14.2. The van der Waals surface area contributed by atoms with Crippen molar-refractivity contribution >= 4 is 10.9 Å². The molecule has 4 aliphatic carbocycles. The number of aryl methyl sites for hydroxylation is 1. The molecule has 1 aromatic heterocycles. The van der Waals surface area contributed by atoms with E-state index in [-0.39, 0.29) is 11.7 Å². The molecule has 2 N–H and O–H groups in total. The third-order valence-electron chi connectivity index (χ3n) is 11.5. The van der Waals surface area contributed by atoms with E-state index in [0.29, 0.717) is 51.2 Å². The quantitative estimate of drug-likeness (QED) is 0.532. The lowest BCUT2D eigenvalue weighted by molar-refractivity contribution is -0.162. The summed E-state index contributed by atoms with van der Waals surface area (Å²) in [6.45, 7) is 5.10. The Bertz CT molecular complexity index is 1160. The van der Waals surface area contributed by atoms with Crippen LogP contribution >= 0.6 is 0 Å². The molecule has 4 saturated carbocycles. The number of aliphatic hydroxyl groups is 1. The summed E-state index contributed by atoms with van der Waals surface area (Å²) in [6.07, 6.45) is 14.3. The highest BCUT2D eigenvalue weighted by atomic mass is 19.1. The van der Waals surface area contributed by atoms with Crippen LogP contribution in [0.5, 0.6) is 0 Å². The monoisotopic (exact) mass is 480 g/mol. The van der Waals surface area contributed by atoms with Crippen molar-refractivity contribution in [1.82, 2.24) is 9.97 Å². The highest BCUT2D eigenvalue weighted by molar-refractivity contribution is 5.77. The predicted molar refractivity (Wildman–Crippen MR) is 136 cm³/mol. The summed E-state index contributed by atoms with van der Waals surface area (Å²) in [5, 5.41) is 11.7. The zero-order chi connectivity index (χ0) is 24.4. The van der Waals surface area contributed by atoms with Gasteiger partial charge in [-0.15, -0.1) is 0 Å². The molecule has 1 heterocycles. The lowest BCUT2D eigenvalue weighted by atomic mass is 9.44. The van der Waals surface area contributed by atoms with Crippen LogP contribution in [0.3, 0.4) is 0 Å². The molecule has 0 saturated heterocycles. The minimum absolute atomic E-state index is 0.115. The SMILES string of the molecule is CC12CCC3C(C(O)CC4CCCCC43C)C1CCC2CCCc1nc2ccc(F)cc2c(=O)[nH]1. The van der Waals surface area contributed by atoms with Gasteiger partial charge in [0.15, 0.2) is 0 Å². The molecular formula is C30H41FN2O2. The Kier molecular flexibility index (Phi) is 5.86. The Morgan fingerprint density at radius 2 is 1.91 bits per heavy atom. The zero-order valence-electron chi connectivity index (χ0n) is 21.4. The largest absolute Gasteiger partial charge is 0.393 e. The van der Waals surface area contributed by atoms with Gasteiger partial charge in [-0.05, 0) is 116 Å². The number of aromatic nitrogens is 2. The van der Waals surface area contributed by atoms with E-state index in [9.17, 15) is 14.3 Å². The fourth-order valence-electron chi connectivity index (χ4n) is 9.63. The fourth-order valence-corrected chi connectivity index (χ4v) is 9.63. The Balaban J connectivity index is 1.15. The minimum atomic E-state index is -0.410. The second-order valence-corrected chi connectivity index (χ2v) is 12.9. The summed E-state index contributed by atoms with van der Waals surface area (Å²) in [7, 11) is 0. The highest BCUT2D eigenvalue weighted by Gasteiger charge is 2.61. The summed E-state index contributed by atoms with van der Waals surface area (Å²) >= 11 is 0. The van der Waals surface area contributed by atoms with Crippen molar-refractivity contribution in [2.75, 3.05) is 0 Å². The molecule has 6 rings (SSSR count). The summed E-state index contributed by atoms with van der Waals surface area (Å²) in [5.74, 6) is 3.53. The molecule has 2 aromatic rings. The summed E-state index contributed by atoms with van der Waals surface area (Å²) in [4.78, 5) is 19.9. The van der Waals surface area contributed by atoms with Gasteiger partial charge in [-0.1, -0.05) is 26.7 Å². The highest BCUT2D eigenvalue weighted by Crippen LogP contribution is 2.67. The molecule has 8 atom stereocenters. The zero-order valence-corrected chi connectivity index (χ0v) is 21.4. The molecule has 190 valence electrons. The van der Waals surface area contributed by atoms with Gasteiger partial charge >= 0.3 is 0 Å². The summed E-state index contributed by atoms with van der Waals surface area (Å²) in [5.41, 5.74) is 1.08. The normalized spacial score (nSPS) is 40.8. The van der Waals surface area contributed by atoms with E-state index in [1.165, 1.54) is 63.5 Å². The minimum Gasteiger partial charge on any atom is -0.393 e. The maximum absolute atomic E-state index is 13.5. The van der Waals surface area contributed by atoms with Gasteiger partial charge in [0.2, 0.25) is 0 Å². The van der Waals surface area contributed by atoms with Crippen LogP contribution in [0.15, 0.2) is 23.0 Å². The van der Waals surface area contributed by atoms with Crippen LogP contribution in [0.2, 0.25) is 0 Å². The molecule has 0 radical (unpaired) electrons. The van der Waals surface area contributed by atoms with Gasteiger partial charge in [-0.25, -0.2) is 9.37 Å². The number of aliphatic hydroxyl groups excluding tert-OH is 1. The molecule has 1 aromatic carbocycles. The number of aromatic amines is 1. The van der Waals surface area contributed by atoms with Gasteiger partial charge in [0.25, 0.3) is 5.56 Å². The van der Waals surface area contributed by atoms with E-state index in [1.807, 2.05) is 0 Å². The van der Waals surface area contributed by atoms with E-state index in [2.05, 4.69) is 23.8 Å². The van der Waals surface area contributed by atoms with Crippen LogP contribution < -0.4 is 5.56 Å². The number of nitrogens with one attached hydrogen (secondary N) is 1. The van der Waals surface area contributed by atoms with Crippen LogP contribution in [0.1, 0.15) is 90.3 Å². The Labute approximate surface area is 208 Å². The number of rotatable bonds is 4. The van der Waals surface area contributed by atoms with E-state index < -0.39 is 5.82 Å². The maximum Gasteiger partial charge on any atom is 0.258 e. The second kappa shape index (κ2) is 8.68.